The van der Waals surface area contributed by atoms with Gasteiger partial charge >= 0.3 is 5.97 Å². The summed E-state index contributed by atoms with van der Waals surface area (Å²) in [6.45, 7) is 0.720. The summed E-state index contributed by atoms with van der Waals surface area (Å²) in [6.07, 6.45) is 2.87. The molecule has 0 bridgehead atoms. The smallest absolute Gasteiger partial charge is 0.326 e. The van der Waals surface area contributed by atoms with Crippen molar-refractivity contribution in [2.24, 2.45) is 5.92 Å². The van der Waals surface area contributed by atoms with E-state index in [0.717, 1.165) is 24.9 Å². The van der Waals surface area contributed by atoms with Crippen molar-refractivity contribution >= 4 is 11.9 Å². The fourth-order valence-electron chi connectivity index (χ4n) is 3.72. The fourth-order valence-corrected chi connectivity index (χ4v) is 3.72. The van der Waals surface area contributed by atoms with E-state index in [1.807, 2.05) is 30.3 Å². The number of ether oxygens (including phenoxy) is 1. The van der Waals surface area contributed by atoms with Crippen LogP contribution in [-0.2, 0) is 20.7 Å². The maximum absolute atomic E-state index is 12.5. The Hall–Kier alpha value is -1.88. The van der Waals surface area contributed by atoms with E-state index >= 15 is 0 Å². The zero-order chi connectivity index (χ0) is 15.6. The number of amides is 1. The van der Waals surface area contributed by atoms with Crippen LogP contribution in [0, 0.1) is 5.92 Å². The molecule has 2 N–H and O–H groups in total. The van der Waals surface area contributed by atoms with E-state index in [9.17, 15) is 9.59 Å². The Labute approximate surface area is 130 Å². The van der Waals surface area contributed by atoms with Gasteiger partial charge in [0.25, 0.3) is 0 Å². The second kappa shape index (κ2) is 6.08. The van der Waals surface area contributed by atoms with Crippen molar-refractivity contribution in [3.05, 3.63) is 35.9 Å². The molecule has 3 atom stereocenters. The summed E-state index contributed by atoms with van der Waals surface area (Å²) >= 11 is 0. The first-order chi connectivity index (χ1) is 10.6. The van der Waals surface area contributed by atoms with Crippen molar-refractivity contribution in [1.29, 1.82) is 0 Å². The highest BCUT2D eigenvalue weighted by Crippen LogP contribution is 2.35. The van der Waals surface area contributed by atoms with E-state index in [4.69, 9.17) is 4.74 Å². The molecule has 0 spiro atoms. The van der Waals surface area contributed by atoms with Gasteiger partial charge in [-0.25, -0.2) is 0 Å². The molecule has 5 nitrogen and oxygen atoms in total. The minimum absolute atomic E-state index is 0.0466. The predicted octanol–water partition coefficient (Wildman–Crippen LogP) is 1.03. The first-order valence-electron chi connectivity index (χ1n) is 7.82. The molecule has 2 saturated heterocycles. The van der Waals surface area contributed by atoms with E-state index in [-0.39, 0.29) is 23.8 Å². The molecule has 1 aromatic rings. The van der Waals surface area contributed by atoms with Crippen LogP contribution >= 0.6 is 0 Å². The highest BCUT2D eigenvalue weighted by Gasteiger charge is 2.53. The van der Waals surface area contributed by atoms with Gasteiger partial charge < -0.3 is 10.1 Å². The lowest BCUT2D eigenvalue weighted by Gasteiger charge is -2.28. The first kappa shape index (κ1) is 15.0. The van der Waals surface area contributed by atoms with Crippen molar-refractivity contribution in [3.8, 4) is 0 Å². The van der Waals surface area contributed by atoms with Gasteiger partial charge in [-0.1, -0.05) is 30.3 Å². The molecule has 3 rings (SSSR count). The molecule has 0 aromatic heterocycles. The zero-order valence-corrected chi connectivity index (χ0v) is 12.8. The molecule has 0 saturated carbocycles. The van der Waals surface area contributed by atoms with E-state index in [0.29, 0.717) is 12.8 Å². The third-order valence-electron chi connectivity index (χ3n) is 4.77. The lowest BCUT2D eigenvalue weighted by atomic mass is 9.85. The van der Waals surface area contributed by atoms with Gasteiger partial charge in [0.05, 0.1) is 13.0 Å². The number of hydrogen-bond acceptors (Lipinski definition) is 4. The van der Waals surface area contributed by atoms with E-state index in [1.54, 1.807) is 0 Å². The number of carbonyl (C=O) groups excluding carboxylic acids is 2. The summed E-state index contributed by atoms with van der Waals surface area (Å²) in [5.41, 5.74) is 0.261. The molecule has 1 amide bonds. The molecular weight excluding hydrogens is 280 g/mol. The van der Waals surface area contributed by atoms with Crippen LogP contribution in [0.3, 0.4) is 0 Å². The number of carbonyl (C=O) groups is 2. The Kier molecular flexibility index (Phi) is 4.16. The predicted molar refractivity (Wildman–Crippen MR) is 82.2 cm³/mol. The summed E-state index contributed by atoms with van der Waals surface area (Å²) in [7, 11) is 1.41. The molecule has 0 radical (unpaired) electrons. The third kappa shape index (κ3) is 2.73. The van der Waals surface area contributed by atoms with Gasteiger partial charge in [-0.2, -0.15) is 0 Å². The largest absolute Gasteiger partial charge is 0.468 e. The van der Waals surface area contributed by atoms with Crippen LogP contribution in [0.2, 0.25) is 0 Å². The van der Waals surface area contributed by atoms with Gasteiger partial charge in [-0.05, 0) is 24.8 Å². The summed E-state index contributed by atoms with van der Waals surface area (Å²) < 4.78 is 5.05. The number of fused-ring (bicyclic) bond motifs is 1. The average Bonchev–Trinajstić information content (AvgIpc) is 2.83. The molecule has 2 heterocycles. The van der Waals surface area contributed by atoms with Gasteiger partial charge in [0.1, 0.15) is 5.54 Å². The molecule has 5 heteroatoms. The molecular formula is C17H22N2O3. The Morgan fingerprint density at radius 1 is 1.36 bits per heavy atom. The molecule has 2 aliphatic rings. The van der Waals surface area contributed by atoms with Crippen molar-refractivity contribution < 1.29 is 14.3 Å². The summed E-state index contributed by atoms with van der Waals surface area (Å²) in [6, 6.07) is 9.92. The van der Waals surface area contributed by atoms with Gasteiger partial charge in [0, 0.05) is 19.0 Å². The summed E-state index contributed by atoms with van der Waals surface area (Å²) in [4.78, 5) is 24.7. The number of nitrogens with one attached hydrogen (secondary N) is 2. The molecule has 0 aliphatic carbocycles. The number of esters is 1. The van der Waals surface area contributed by atoms with Crippen molar-refractivity contribution in [2.75, 3.05) is 13.7 Å². The standard InChI is InChI=1S/C17H22N2O3/c1-22-16(21)17(10-12-6-3-2-4-7-12)11-13-14(19-17)8-5-9-18-15(13)20/h2-4,6-7,13-14,19H,5,8-11H2,1H3,(H,18,20)/t13-,14+,17+/m1/s1. The van der Waals surface area contributed by atoms with E-state index in [1.165, 1.54) is 7.11 Å². The molecule has 22 heavy (non-hydrogen) atoms. The normalized spacial score (nSPS) is 31.0. The number of methoxy groups -OCH3 is 1. The maximum atomic E-state index is 12.5. The van der Waals surface area contributed by atoms with Gasteiger partial charge in [-0.15, -0.1) is 0 Å². The fraction of sp³-hybridized carbons (Fsp3) is 0.529. The third-order valence-corrected chi connectivity index (χ3v) is 4.77. The van der Waals surface area contributed by atoms with Crippen molar-refractivity contribution in [1.82, 2.24) is 10.6 Å². The average molecular weight is 302 g/mol. The SMILES string of the molecule is COC(=O)[C@]1(Cc2ccccc2)C[C@H]2C(=O)NCCC[C@@H]2N1. The van der Waals surface area contributed by atoms with Gasteiger partial charge in [0.2, 0.25) is 5.91 Å². The maximum Gasteiger partial charge on any atom is 0.326 e. The lowest BCUT2D eigenvalue weighted by Crippen LogP contribution is -2.52. The van der Waals surface area contributed by atoms with Crippen LogP contribution in [0.4, 0.5) is 0 Å². The van der Waals surface area contributed by atoms with Crippen LogP contribution in [0.25, 0.3) is 0 Å². The van der Waals surface area contributed by atoms with Crippen LogP contribution in [0.1, 0.15) is 24.8 Å². The number of hydrogen-bond donors (Lipinski definition) is 2. The zero-order valence-electron chi connectivity index (χ0n) is 12.8. The van der Waals surface area contributed by atoms with Crippen LogP contribution in [-0.4, -0.2) is 37.1 Å². The van der Waals surface area contributed by atoms with E-state index < -0.39 is 5.54 Å². The summed E-state index contributed by atoms with van der Waals surface area (Å²) in [5.74, 6) is -0.392. The topological polar surface area (TPSA) is 67.4 Å². The second-order valence-electron chi connectivity index (χ2n) is 6.23. The highest BCUT2D eigenvalue weighted by atomic mass is 16.5. The van der Waals surface area contributed by atoms with Crippen molar-refractivity contribution in [2.45, 2.75) is 37.3 Å². The van der Waals surface area contributed by atoms with Crippen LogP contribution in [0.15, 0.2) is 30.3 Å². The molecule has 2 fully saturated rings. The Bertz CT molecular complexity index is 560. The highest BCUT2D eigenvalue weighted by molar-refractivity contribution is 5.86. The molecule has 1 aromatic carbocycles. The Morgan fingerprint density at radius 3 is 2.86 bits per heavy atom. The van der Waals surface area contributed by atoms with Gasteiger partial charge in [0.15, 0.2) is 0 Å². The first-order valence-corrected chi connectivity index (χ1v) is 7.82. The van der Waals surface area contributed by atoms with Crippen LogP contribution < -0.4 is 10.6 Å². The minimum atomic E-state index is -0.805. The molecule has 0 unspecified atom stereocenters. The second-order valence-corrected chi connectivity index (χ2v) is 6.23. The Balaban J connectivity index is 1.88. The lowest BCUT2D eigenvalue weighted by molar-refractivity contribution is -0.148. The molecule has 2 aliphatic heterocycles. The Morgan fingerprint density at radius 2 is 2.14 bits per heavy atom. The van der Waals surface area contributed by atoms with Gasteiger partial charge in [-0.3, -0.25) is 14.9 Å². The van der Waals surface area contributed by atoms with E-state index in [2.05, 4.69) is 10.6 Å². The monoisotopic (exact) mass is 302 g/mol. The number of rotatable bonds is 3. The quantitative estimate of drug-likeness (QED) is 0.818. The minimum Gasteiger partial charge on any atom is -0.468 e. The van der Waals surface area contributed by atoms with Crippen LogP contribution in [0.5, 0.6) is 0 Å². The number of benzene rings is 1. The summed E-state index contributed by atoms with van der Waals surface area (Å²) in [5, 5.41) is 6.38. The molecule has 118 valence electrons. The van der Waals surface area contributed by atoms with Crippen molar-refractivity contribution in [3.63, 3.8) is 0 Å².